The molecule has 0 aliphatic carbocycles. The molecule has 0 aliphatic rings. The van der Waals surface area contributed by atoms with Crippen LogP contribution in [0.3, 0.4) is 0 Å². The summed E-state index contributed by atoms with van der Waals surface area (Å²) in [4.78, 5) is 4.20. The summed E-state index contributed by atoms with van der Waals surface area (Å²) in [5.74, 6) is -0.670. The van der Waals surface area contributed by atoms with Gasteiger partial charge in [-0.3, -0.25) is 0 Å². The van der Waals surface area contributed by atoms with Crippen molar-refractivity contribution in [1.29, 1.82) is 0 Å². The van der Waals surface area contributed by atoms with Gasteiger partial charge in [0.1, 0.15) is 11.6 Å². The topological polar surface area (TPSA) is 6.48 Å². The van der Waals surface area contributed by atoms with Crippen LogP contribution >= 0.6 is 0 Å². The lowest BCUT2D eigenvalue weighted by molar-refractivity contribution is 0.629. The molecule has 12 aromatic rings. The van der Waals surface area contributed by atoms with Gasteiger partial charge < -0.3 is 9.80 Å². The lowest BCUT2D eigenvalue weighted by atomic mass is 9.90. The molecular formula is C66H46F2N2. The van der Waals surface area contributed by atoms with E-state index in [1.165, 1.54) is 0 Å². The molecule has 0 radical (unpaired) electrons. The van der Waals surface area contributed by atoms with Gasteiger partial charge >= 0.3 is 0 Å². The van der Waals surface area contributed by atoms with E-state index >= 15 is 8.78 Å². The van der Waals surface area contributed by atoms with Crippen LogP contribution in [0.15, 0.2) is 243 Å². The third kappa shape index (κ3) is 7.51. The Hall–Kier alpha value is -8.86. The molecule has 0 spiro atoms. The summed E-state index contributed by atoms with van der Waals surface area (Å²) < 4.78 is 35.4. The molecule has 0 atom stereocenters. The molecule has 0 aromatic heterocycles. The second-order valence-corrected chi connectivity index (χ2v) is 18.1. The lowest BCUT2D eigenvalue weighted by Crippen LogP contribution is -2.15. The number of rotatable bonds is 10. The highest BCUT2D eigenvalue weighted by atomic mass is 19.1. The molecule has 0 saturated heterocycles. The monoisotopic (exact) mass is 904 g/mol. The van der Waals surface area contributed by atoms with Crippen LogP contribution in [0.4, 0.5) is 42.9 Å². The Morgan fingerprint density at radius 2 is 0.657 bits per heavy atom. The summed E-state index contributed by atoms with van der Waals surface area (Å²) in [6, 6.07) is 81.5. The lowest BCUT2D eigenvalue weighted by Gasteiger charge is -2.32. The number of aryl methyl sites for hydroxylation is 2. The zero-order valence-corrected chi connectivity index (χ0v) is 38.7. The van der Waals surface area contributed by atoms with Crippen LogP contribution in [0.2, 0.25) is 0 Å². The van der Waals surface area contributed by atoms with E-state index in [4.69, 9.17) is 0 Å². The number of hydrogen-bond acceptors (Lipinski definition) is 2. The van der Waals surface area contributed by atoms with Crippen LogP contribution in [0.1, 0.15) is 11.1 Å². The molecule has 0 fully saturated rings. The predicted molar refractivity (Wildman–Crippen MR) is 291 cm³/mol. The first kappa shape index (κ1) is 42.5. The van der Waals surface area contributed by atoms with Crippen molar-refractivity contribution in [2.75, 3.05) is 9.80 Å². The molecule has 0 saturated carbocycles. The molecule has 12 aromatic carbocycles. The molecule has 12 rings (SSSR count). The van der Waals surface area contributed by atoms with Gasteiger partial charge in [0.2, 0.25) is 0 Å². The largest absolute Gasteiger partial charge is 0.307 e. The van der Waals surface area contributed by atoms with E-state index in [0.717, 1.165) is 111 Å². The predicted octanol–water partition coefficient (Wildman–Crippen LogP) is 19.1. The van der Waals surface area contributed by atoms with Crippen LogP contribution < -0.4 is 9.80 Å². The minimum atomic E-state index is -0.335. The highest BCUT2D eigenvalue weighted by Crippen LogP contribution is 2.52. The molecule has 0 aliphatic heterocycles. The van der Waals surface area contributed by atoms with E-state index in [1.807, 2.05) is 133 Å². The summed E-state index contributed by atoms with van der Waals surface area (Å²) >= 11 is 0. The number of benzene rings is 12. The van der Waals surface area contributed by atoms with Gasteiger partial charge in [-0.1, -0.05) is 182 Å². The fourth-order valence-electron chi connectivity index (χ4n) is 10.4. The van der Waals surface area contributed by atoms with Gasteiger partial charge in [-0.15, -0.1) is 0 Å². The van der Waals surface area contributed by atoms with Gasteiger partial charge in [-0.05, 0) is 141 Å². The summed E-state index contributed by atoms with van der Waals surface area (Å²) in [5.41, 5.74) is 13.2. The fraction of sp³-hybridized carbons (Fsp3) is 0.0303. The highest BCUT2D eigenvalue weighted by Gasteiger charge is 2.28. The summed E-state index contributed by atoms with van der Waals surface area (Å²) in [6.07, 6.45) is 0. The zero-order chi connectivity index (χ0) is 47.3. The first-order valence-electron chi connectivity index (χ1n) is 23.7. The molecule has 0 amide bonds. The van der Waals surface area contributed by atoms with Crippen LogP contribution in [0, 0.1) is 25.5 Å². The standard InChI is InChI=1S/C66H46F2N2/c1-43-17-15-27-53(37-43)69(65-57(47-23-11-5-12-24-47)39-51(41-59(65)67)45-19-7-3-8-20-45)61-35-31-49-30-34-56-62(36-32-50-29-33-55(61)63(49)64(50)56)70(54-28-16-18-44(2)38-54)66-58(48-25-13-6-14-26-48)40-52(42-60(66)68)46-21-9-4-10-22-46/h3-42H,1-2H3. The maximum absolute atomic E-state index is 17.7. The van der Waals surface area contributed by atoms with Crippen molar-refractivity contribution in [3.63, 3.8) is 0 Å². The third-order valence-electron chi connectivity index (χ3n) is 13.6. The molecule has 2 nitrogen and oxygen atoms in total. The van der Waals surface area contributed by atoms with Crippen LogP contribution in [0.5, 0.6) is 0 Å². The van der Waals surface area contributed by atoms with Crippen molar-refractivity contribution in [2.24, 2.45) is 0 Å². The van der Waals surface area contributed by atoms with Crippen LogP contribution in [-0.4, -0.2) is 0 Å². The second-order valence-electron chi connectivity index (χ2n) is 18.1. The summed E-state index contributed by atoms with van der Waals surface area (Å²) in [7, 11) is 0. The van der Waals surface area contributed by atoms with Crippen molar-refractivity contribution in [3.8, 4) is 44.5 Å². The van der Waals surface area contributed by atoms with Gasteiger partial charge in [0.25, 0.3) is 0 Å². The Bertz CT molecular complexity index is 3620. The molecule has 70 heavy (non-hydrogen) atoms. The van der Waals surface area contributed by atoms with Gasteiger partial charge in [-0.2, -0.15) is 0 Å². The van der Waals surface area contributed by atoms with Gasteiger partial charge in [0.15, 0.2) is 0 Å². The highest BCUT2D eigenvalue weighted by molar-refractivity contribution is 6.28. The van der Waals surface area contributed by atoms with Gasteiger partial charge in [0.05, 0.1) is 22.7 Å². The minimum absolute atomic E-state index is 0.335. The second kappa shape index (κ2) is 17.7. The Labute approximate surface area is 406 Å². The molecular weight excluding hydrogens is 859 g/mol. The molecule has 0 bridgehead atoms. The molecule has 4 heteroatoms. The summed E-state index contributed by atoms with van der Waals surface area (Å²) in [5, 5.41) is 6.11. The summed E-state index contributed by atoms with van der Waals surface area (Å²) in [6.45, 7) is 4.14. The maximum Gasteiger partial charge on any atom is 0.148 e. The Balaban J connectivity index is 1.13. The van der Waals surface area contributed by atoms with Crippen molar-refractivity contribution in [1.82, 2.24) is 0 Å². The minimum Gasteiger partial charge on any atom is -0.307 e. The number of halogens is 2. The van der Waals surface area contributed by atoms with Gasteiger partial charge in [-0.25, -0.2) is 8.78 Å². The number of hydrogen-bond donors (Lipinski definition) is 0. The molecule has 0 heterocycles. The quantitative estimate of drug-likeness (QED) is 0.126. The first-order chi connectivity index (χ1) is 34.4. The van der Waals surface area contributed by atoms with Crippen molar-refractivity contribution in [2.45, 2.75) is 13.8 Å². The first-order valence-corrected chi connectivity index (χ1v) is 23.7. The SMILES string of the molecule is Cc1cccc(N(c2c(F)cc(-c3ccccc3)cc2-c2ccccc2)c2ccc3ccc4c(N(c5cccc(C)c5)c5c(F)cc(-c6ccccc6)cc5-c5ccccc5)ccc5ccc2c3c54)c1. The van der Waals surface area contributed by atoms with Crippen molar-refractivity contribution < 1.29 is 8.78 Å². The van der Waals surface area contributed by atoms with Crippen molar-refractivity contribution in [3.05, 3.63) is 265 Å². The Morgan fingerprint density at radius 3 is 1.03 bits per heavy atom. The van der Waals surface area contributed by atoms with Crippen molar-refractivity contribution >= 4 is 66.4 Å². The fourth-order valence-corrected chi connectivity index (χ4v) is 10.4. The van der Waals surface area contributed by atoms with Crippen LogP contribution in [-0.2, 0) is 0 Å². The number of nitrogens with zero attached hydrogens (tertiary/aromatic N) is 2. The zero-order valence-electron chi connectivity index (χ0n) is 38.7. The molecule has 334 valence electrons. The van der Waals surface area contributed by atoms with E-state index < -0.39 is 0 Å². The molecule has 0 unspecified atom stereocenters. The van der Waals surface area contributed by atoms with Crippen LogP contribution in [0.25, 0.3) is 76.8 Å². The molecule has 0 N–H and O–H groups in total. The van der Waals surface area contributed by atoms with E-state index in [9.17, 15) is 0 Å². The smallest absolute Gasteiger partial charge is 0.148 e. The Kier molecular flexibility index (Phi) is 10.7. The Morgan fingerprint density at radius 1 is 0.300 bits per heavy atom. The maximum atomic E-state index is 17.7. The number of anilines is 6. The van der Waals surface area contributed by atoms with E-state index in [-0.39, 0.29) is 11.6 Å². The van der Waals surface area contributed by atoms with E-state index in [1.54, 1.807) is 12.1 Å². The average Bonchev–Trinajstić information content (AvgIpc) is 3.40. The van der Waals surface area contributed by atoms with E-state index in [2.05, 4.69) is 121 Å². The van der Waals surface area contributed by atoms with Gasteiger partial charge in [0, 0.05) is 33.3 Å². The van der Waals surface area contributed by atoms with E-state index in [0.29, 0.717) is 11.4 Å². The normalized spacial score (nSPS) is 11.4. The average molecular weight is 905 g/mol. The third-order valence-corrected chi connectivity index (χ3v) is 13.6.